The molecule has 0 bridgehead atoms. The Hall–Kier alpha value is -0.870. The van der Waals surface area contributed by atoms with Gasteiger partial charge in [0.05, 0.1) is 6.04 Å². The molecule has 0 spiro atoms. The Labute approximate surface area is 123 Å². The minimum atomic E-state index is -0.0591. The van der Waals surface area contributed by atoms with Gasteiger partial charge in [-0.1, -0.05) is 22.9 Å². The molecule has 1 aromatic carbocycles. The van der Waals surface area contributed by atoms with Crippen LogP contribution in [-0.4, -0.2) is 29.9 Å². The van der Waals surface area contributed by atoms with E-state index in [0.717, 1.165) is 29.2 Å². The first-order valence-electron chi connectivity index (χ1n) is 6.87. The third-order valence-electron chi connectivity index (χ3n) is 3.86. The summed E-state index contributed by atoms with van der Waals surface area (Å²) >= 11 is 3.39. The number of benzene rings is 1. The van der Waals surface area contributed by atoms with E-state index in [1.807, 2.05) is 31.2 Å². The van der Waals surface area contributed by atoms with Crippen molar-refractivity contribution < 1.29 is 4.79 Å². The summed E-state index contributed by atoms with van der Waals surface area (Å²) in [7, 11) is 0. The van der Waals surface area contributed by atoms with Gasteiger partial charge in [0.1, 0.15) is 0 Å². The van der Waals surface area contributed by atoms with Crippen molar-refractivity contribution in [1.82, 2.24) is 4.90 Å². The predicted octanol–water partition coefficient (Wildman–Crippen LogP) is 3.51. The Morgan fingerprint density at radius 3 is 2.47 bits per heavy atom. The van der Waals surface area contributed by atoms with E-state index in [1.54, 1.807) is 0 Å². The van der Waals surface area contributed by atoms with E-state index in [9.17, 15) is 4.79 Å². The number of anilines is 1. The van der Waals surface area contributed by atoms with Crippen LogP contribution in [0.2, 0.25) is 0 Å². The van der Waals surface area contributed by atoms with Crippen LogP contribution < -0.4 is 5.32 Å². The number of carbonyl (C=O) groups is 1. The second-order valence-corrected chi connectivity index (χ2v) is 6.31. The van der Waals surface area contributed by atoms with Crippen molar-refractivity contribution >= 4 is 27.5 Å². The topological polar surface area (TPSA) is 32.3 Å². The second-order valence-electron chi connectivity index (χ2n) is 5.39. The van der Waals surface area contributed by atoms with E-state index in [1.165, 1.54) is 12.8 Å². The first kappa shape index (κ1) is 14.5. The average Bonchev–Trinajstić information content (AvgIpc) is 2.41. The first-order chi connectivity index (χ1) is 9.06. The first-order valence-corrected chi connectivity index (χ1v) is 7.66. The van der Waals surface area contributed by atoms with Crippen LogP contribution in [0.15, 0.2) is 28.7 Å². The molecule has 0 aliphatic carbocycles. The highest BCUT2D eigenvalue weighted by Crippen LogP contribution is 2.19. The van der Waals surface area contributed by atoms with E-state index >= 15 is 0 Å². The number of amides is 1. The number of nitrogens with zero attached hydrogens (tertiary/aromatic N) is 1. The standard InChI is InChI=1S/C15H21BrN2O/c1-11-7-9-18(10-8-11)12(2)15(19)17-14-5-3-13(16)4-6-14/h3-6,11-12H,7-10H2,1-2H3,(H,17,19)/t12-/m0/s1. The molecule has 4 heteroatoms. The Kier molecular flexibility index (Phi) is 4.99. The summed E-state index contributed by atoms with van der Waals surface area (Å²) in [5.41, 5.74) is 0.852. The monoisotopic (exact) mass is 324 g/mol. The fraction of sp³-hybridized carbons (Fsp3) is 0.533. The molecule has 0 radical (unpaired) electrons. The minimum absolute atomic E-state index is 0.0591. The molecule has 104 valence electrons. The van der Waals surface area contributed by atoms with Gasteiger partial charge in [0, 0.05) is 10.2 Å². The van der Waals surface area contributed by atoms with Crippen molar-refractivity contribution in [1.29, 1.82) is 0 Å². The molecule has 0 saturated carbocycles. The zero-order valence-corrected chi connectivity index (χ0v) is 13.1. The molecule has 1 aromatic rings. The average molecular weight is 325 g/mol. The van der Waals surface area contributed by atoms with Crippen LogP contribution in [0.1, 0.15) is 26.7 Å². The number of nitrogens with one attached hydrogen (secondary N) is 1. The Morgan fingerprint density at radius 1 is 1.32 bits per heavy atom. The number of piperidine rings is 1. The summed E-state index contributed by atoms with van der Waals surface area (Å²) in [4.78, 5) is 14.5. The van der Waals surface area contributed by atoms with Gasteiger partial charge >= 0.3 is 0 Å². The zero-order valence-electron chi connectivity index (χ0n) is 11.5. The van der Waals surface area contributed by atoms with Crippen LogP contribution in [0.4, 0.5) is 5.69 Å². The van der Waals surface area contributed by atoms with Crippen molar-refractivity contribution in [3.63, 3.8) is 0 Å². The van der Waals surface area contributed by atoms with Crippen LogP contribution in [0, 0.1) is 5.92 Å². The second kappa shape index (κ2) is 6.53. The summed E-state index contributed by atoms with van der Waals surface area (Å²) < 4.78 is 1.02. The van der Waals surface area contributed by atoms with Crippen molar-refractivity contribution in [2.24, 2.45) is 5.92 Å². The van der Waals surface area contributed by atoms with Crippen molar-refractivity contribution in [3.8, 4) is 0 Å². The highest BCUT2D eigenvalue weighted by atomic mass is 79.9. The molecule has 1 N–H and O–H groups in total. The maximum absolute atomic E-state index is 12.2. The molecule has 1 heterocycles. The van der Waals surface area contributed by atoms with Gasteiger partial charge in [0.25, 0.3) is 0 Å². The molecule has 2 rings (SSSR count). The molecular formula is C15H21BrN2O. The molecule has 1 amide bonds. The van der Waals surface area contributed by atoms with Gasteiger partial charge < -0.3 is 5.32 Å². The number of hydrogen-bond donors (Lipinski definition) is 1. The lowest BCUT2D eigenvalue weighted by Gasteiger charge is -2.34. The Bertz CT molecular complexity index is 424. The van der Waals surface area contributed by atoms with E-state index in [0.29, 0.717) is 0 Å². The number of hydrogen-bond acceptors (Lipinski definition) is 2. The summed E-state index contributed by atoms with van der Waals surface area (Å²) in [6.07, 6.45) is 2.38. The minimum Gasteiger partial charge on any atom is -0.325 e. The Morgan fingerprint density at radius 2 is 1.89 bits per heavy atom. The molecule has 1 saturated heterocycles. The molecule has 1 aliphatic rings. The van der Waals surface area contributed by atoms with Gasteiger partial charge in [-0.2, -0.15) is 0 Å². The molecule has 3 nitrogen and oxygen atoms in total. The SMILES string of the molecule is CC1CCN([C@@H](C)C(=O)Nc2ccc(Br)cc2)CC1. The molecule has 1 aliphatic heterocycles. The van der Waals surface area contributed by atoms with E-state index in [-0.39, 0.29) is 11.9 Å². The number of halogens is 1. The van der Waals surface area contributed by atoms with Crippen LogP contribution in [0.3, 0.4) is 0 Å². The zero-order chi connectivity index (χ0) is 13.8. The highest BCUT2D eigenvalue weighted by Gasteiger charge is 2.24. The van der Waals surface area contributed by atoms with Gasteiger partial charge in [0.15, 0.2) is 0 Å². The van der Waals surface area contributed by atoms with E-state index < -0.39 is 0 Å². The number of carbonyl (C=O) groups excluding carboxylic acids is 1. The van der Waals surface area contributed by atoms with Gasteiger partial charge in [-0.25, -0.2) is 0 Å². The van der Waals surface area contributed by atoms with E-state index in [2.05, 4.69) is 33.1 Å². The van der Waals surface area contributed by atoms with Crippen LogP contribution in [-0.2, 0) is 4.79 Å². The summed E-state index contributed by atoms with van der Waals surface area (Å²) in [5, 5.41) is 2.98. The maximum Gasteiger partial charge on any atom is 0.241 e. The maximum atomic E-state index is 12.2. The van der Waals surface area contributed by atoms with Gasteiger partial charge in [-0.05, 0) is 63.0 Å². The van der Waals surface area contributed by atoms with Gasteiger partial charge in [-0.15, -0.1) is 0 Å². The van der Waals surface area contributed by atoms with Gasteiger partial charge in [-0.3, -0.25) is 9.69 Å². The molecule has 0 unspecified atom stereocenters. The Balaban J connectivity index is 1.90. The lowest BCUT2D eigenvalue weighted by atomic mass is 9.98. The lowest BCUT2D eigenvalue weighted by Crippen LogP contribution is -2.45. The van der Waals surface area contributed by atoms with Crippen molar-refractivity contribution in [3.05, 3.63) is 28.7 Å². The fourth-order valence-electron chi connectivity index (χ4n) is 2.36. The largest absolute Gasteiger partial charge is 0.325 e. The normalized spacial score (nSPS) is 19.1. The summed E-state index contributed by atoms with van der Waals surface area (Å²) in [6.45, 7) is 6.32. The third-order valence-corrected chi connectivity index (χ3v) is 4.39. The predicted molar refractivity (Wildman–Crippen MR) is 82.2 cm³/mol. The van der Waals surface area contributed by atoms with Crippen LogP contribution in [0.5, 0.6) is 0 Å². The van der Waals surface area contributed by atoms with Crippen molar-refractivity contribution in [2.75, 3.05) is 18.4 Å². The molecule has 1 atom stereocenters. The molecule has 19 heavy (non-hydrogen) atoms. The highest BCUT2D eigenvalue weighted by molar-refractivity contribution is 9.10. The quantitative estimate of drug-likeness (QED) is 0.922. The summed E-state index contributed by atoms with van der Waals surface area (Å²) in [5.74, 6) is 0.870. The van der Waals surface area contributed by atoms with Gasteiger partial charge in [0.2, 0.25) is 5.91 Å². The fourth-order valence-corrected chi connectivity index (χ4v) is 2.63. The van der Waals surface area contributed by atoms with Crippen molar-refractivity contribution in [2.45, 2.75) is 32.7 Å². The molecular weight excluding hydrogens is 304 g/mol. The van der Waals surface area contributed by atoms with E-state index in [4.69, 9.17) is 0 Å². The third kappa shape index (κ3) is 4.05. The summed E-state index contributed by atoms with van der Waals surface area (Å²) in [6, 6.07) is 7.63. The molecule has 1 fully saturated rings. The number of rotatable bonds is 3. The smallest absolute Gasteiger partial charge is 0.241 e. The molecule has 0 aromatic heterocycles. The van der Waals surface area contributed by atoms with Crippen LogP contribution >= 0.6 is 15.9 Å². The van der Waals surface area contributed by atoms with Crippen LogP contribution in [0.25, 0.3) is 0 Å². The lowest BCUT2D eigenvalue weighted by molar-refractivity contribution is -0.121. The number of likely N-dealkylation sites (tertiary alicyclic amines) is 1.